The van der Waals surface area contributed by atoms with E-state index in [-0.39, 0.29) is 6.09 Å². The number of nitrogens with zero attached hydrogens (tertiary/aromatic N) is 2. The monoisotopic (exact) mass is 312 g/mol. The summed E-state index contributed by atoms with van der Waals surface area (Å²) in [5, 5.41) is 10.8. The van der Waals surface area contributed by atoms with E-state index in [2.05, 4.69) is 4.90 Å². The van der Waals surface area contributed by atoms with Crippen LogP contribution in [0.3, 0.4) is 0 Å². The maximum absolute atomic E-state index is 12.1. The average molecular weight is 312 g/mol. The molecule has 5 nitrogen and oxygen atoms in total. The standard InChI is InChI=1S/C17H32N2O3/c1-16(2,3)22-15(20)19-12-8-17(21,9-13-19)14-18-10-6-4-5-7-11-18/h21H,4-14H2,1-3H3. The van der Waals surface area contributed by atoms with Crippen LogP contribution in [-0.2, 0) is 4.74 Å². The zero-order valence-corrected chi connectivity index (χ0v) is 14.4. The molecule has 1 N–H and O–H groups in total. The molecule has 0 spiro atoms. The van der Waals surface area contributed by atoms with Crippen LogP contribution in [-0.4, -0.2) is 64.9 Å². The third kappa shape index (κ3) is 5.43. The molecule has 0 aromatic rings. The minimum atomic E-state index is -0.650. The number of piperidine rings is 1. The van der Waals surface area contributed by atoms with Crippen molar-refractivity contribution in [2.75, 3.05) is 32.7 Å². The first-order valence-corrected chi connectivity index (χ1v) is 8.70. The van der Waals surface area contributed by atoms with E-state index in [4.69, 9.17) is 4.74 Å². The molecule has 5 heteroatoms. The Balaban J connectivity index is 1.80. The topological polar surface area (TPSA) is 53.0 Å². The van der Waals surface area contributed by atoms with Crippen LogP contribution in [0.4, 0.5) is 4.79 Å². The smallest absolute Gasteiger partial charge is 0.410 e. The summed E-state index contributed by atoms with van der Waals surface area (Å²) in [5.74, 6) is 0. The molecule has 0 aliphatic carbocycles. The van der Waals surface area contributed by atoms with Crippen LogP contribution in [0.5, 0.6) is 0 Å². The predicted octanol–water partition coefficient (Wildman–Crippen LogP) is 2.62. The summed E-state index contributed by atoms with van der Waals surface area (Å²) in [6.07, 6.45) is 6.11. The van der Waals surface area contributed by atoms with Gasteiger partial charge in [0.1, 0.15) is 5.60 Å². The second-order valence-electron chi connectivity index (χ2n) is 7.88. The van der Waals surface area contributed by atoms with Gasteiger partial charge in [-0.05, 0) is 59.5 Å². The molecule has 0 aromatic carbocycles. The highest BCUT2D eigenvalue weighted by atomic mass is 16.6. The minimum Gasteiger partial charge on any atom is -0.444 e. The fourth-order valence-electron chi connectivity index (χ4n) is 3.30. The van der Waals surface area contributed by atoms with Gasteiger partial charge in [0.25, 0.3) is 0 Å². The lowest BCUT2D eigenvalue weighted by atomic mass is 9.91. The van der Waals surface area contributed by atoms with E-state index in [0.29, 0.717) is 25.9 Å². The molecule has 1 amide bonds. The molecule has 0 unspecified atom stereocenters. The van der Waals surface area contributed by atoms with Crippen molar-refractivity contribution >= 4 is 6.09 Å². The second kappa shape index (κ2) is 7.18. The molecule has 0 aromatic heterocycles. The molecule has 2 aliphatic heterocycles. The molecule has 2 heterocycles. The van der Waals surface area contributed by atoms with Gasteiger partial charge in [0, 0.05) is 19.6 Å². The number of likely N-dealkylation sites (tertiary alicyclic amines) is 2. The lowest BCUT2D eigenvalue weighted by molar-refractivity contribution is -0.0497. The summed E-state index contributed by atoms with van der Waals surface area (Å²) >= 11 is 0. The van der Waals surface area contributed by atoms with Gasteiger partial charge in [0.2, 0.25) is 0 Å². The van der Waals surface area contributed by atoms with E-state index in [1.807, 2.05) is 20.8 Å². The Morgan fingerprint density at radius 3 is 2.09 bits per heavy atom. The van der Waals surface area contributed by atoms with Crippen molar-refractivity contribution in [3.63, 3.8) is 0 Å². The van der Waals surface area contributed by atoms with E-state index >= 15 is 0 Å². The number of rotatable bonds is 2. The summed E-state index contributed by atoms with van der Waals surface area (Å²) in [6.45, 7) is 9.74. The van der Waals surface area contributed by atoms with Crippen molar-refractivity contribution in [3.05, 3.63) is 0 Å². The molecule has 0 atom stereocenters. The molecule has 0 saturated carbocycles. The molecule has 0 radical (unpaired) electrons. The van der Waals surface area contributed by atoms with Gasteiger partial charge in [-0.15, -0.1) is 0 Å². The van der Waals surface area contributed by atoms with Gasteiger partial charge in [-0.25, -0.2) is 4.79 Å². The van der Waals surface area contributed by atoms with Crippen molar-refractivity contribution in [2.24, 2.45) is 0 Å². The Labute approximate surface area is 134 Å². The van der Waals surface area contributed by atoms with Gasteiger partial charge in [-0.3, -0.25) is 0 Å². The van der Waals surface area contributed by atoms with Crippen molar-refractivity contribution in [2.45, 2.75) is 70.5 Å². The summed E-state index contributed by atoms with van der Waals surface area (Å²) in [5.41, 5.74) is -1.11. The van der Waals surface area contributed by atoms with Crippen LogP contribution in [0.1, 0.15) is 59.3 Å². The van der Waals surface area contributed by atoms with Gasteiger partial charge in [-0.1, -0.05) is 12.8 Å². The maximum Gasteiger partial charge on any atom is 0.410 e. The highest BCUT2D eigenvalue weighted by molar-refractivity contribution is 5.68. The minimum absolute atomic E-state index is 0.260. The Bertz CT molecular complexity index is 363. The summed E-state index contributed by atoms with van der Waals surface area (Å²) < 4.78 is 5.41. The van der Waals surface area contributed by atoms with Crippen molar-refractivity contribution < 1.29 is 14.6 Å². The molecule has 2 aliphatic rings. The quantitative estimate of drug-likeness (QED) is 0.851. The molecule has 2 fully saturated rings. The largest absolute Gasteiger partial charge is 0.444 e. The van der Waals surface area contributed by atoms with Crippen LogP contribution in [0.25, 0.3) is 0 Å². The fraction of sp³-hybridized carbons (Fsp3) is 0.941. The van der Waals surface area contributed by atoms with E-state index in [1.165, 1.54) is 25.7 Å². The number of aliphatic hydroxyl groups is 1. The van der Waals surface area contributed by atoms with Crippen LogP contribution in [0, 0.1) is 0 Å². The Morgan fingerprint density at radius 1 is 1.05 bits per heavy atom. The number of hydrogen-bond acceptors (Lipinski definition) is 4. The predicted molar refractivity (Wildman–Crippen MR) is 86.9 cm³/mol. The number of β-amino-alcohol motifs (C(OH)–C–C–N with tert-alkyl or cyclic N) is 1. The zero-order valence-electron chi connectivity index (χ0n) is 14.4. The number of hydrogen-bond donors (Lipinski definition) is 1. The molecular formula is C17H32N2O3. The van der Waals surface area contributed by atoms with Crippen LogP contribution >= 0.6 is 0 Å². The Kier molecular flexibility index (Phi) is 5.72. The number of carbonyl (C=O) groups excluding carboxylic acids is 1. The molecule has 2 rings (SSSR count). The van der Waals surface area contributed by atoms with Crippen molar-refractivity contribution in [1.29, 1.82) is 0 Å². The van der Waals surface area contributed by atoms with E-state index in [9.17, 15) is 9.90 Å². The molecular weight excluding hydrogens is 280 g/mol. The molecule has 2 saturated heterocycles. The van der Waals surface area contributed by atoms with Crippen LogP contribution in [0.15, 0.2) is 0 Å². The molecule has 22 heavy (non-hydrogen) atoms. The highest BCUT2D eigenvalue weighted by Crippen LogP contribution is 2.25. The van der Waals surface area contributed by atoms with E-state index < -0.39 is 11.2 Å². The average Bonchev–Trinajstić information content (AvgIpc) is 2.65. The Hall–Kier alpha value is -0.810. The SMILES string of the molecule is CC(C)(C)OC(=O)N1CCC(O)(CN2CCCCCC2)CC1. The van der Waals surface area contributed by atoms with Crippen LogP contribution in [0.2, 0.25) is 0 Å². The second-order valence-corrected chi connectivity index (χ2v) is 7.88. The number of ether oxygens (including phenoxy) is 1. The van der Waals surface area contributed by atoms with Gasteiger partial charge in [0.05, 0.1) is 5.60 Å². The number of amides is 1. The summed E-state index contributed by atoms with van der Waals surface area (Å²) in [6, 6.07) is 0. The first-order chi connectivity index (χ1) is 10.3. The maximum atomic E-state index is 12.1. The Morgan fingerprint density at radius 2 is 1.59 bits per heavy atom. The molecule has 0 bridgehead atoms. The zero-order chi connectivity index (χ0) is 16.2. The van der Waals surface area contributed by atoms with E-state index in [0.717, 1.165) is 19.6 Å². The lowest BCUT2D eigenvalue weighted by Crippen LogP contribution is -2.52. The first-order valence-electron chi connectivity index (χ1n) is 8.70. The van der Waals surface area contributed by atoms with Gasteiger partial charge < -0.3 is 19.6 Å². The van der Waals surface area contributed by atoms with E-state index in [1.54, 1.807) is 4.90 Å². The van der Waals surface area contributed by atoms with Crippen LogP contribution < -0.4 is 0 Å². The third-order valence-electron chi connectivity index (χ3n) is 4.56. The first kappa shape index (κ1) is 17.5. The number of carbonyl (C=O) groups is 1. The van der Waals surface area contributed by atoms with Gasteiger partial charge >= 0.3 is 6.09 Å². The van der Waals surface area contributed by atoms with Crippen molar-refractivity contribution in [3.8, 4) is 0 Å². The summed E-state index contributed by atoms with van der Waals surface area (Å²) in [7, 11) is 0. The molecule has 128 valence electrons. The van der Waals surface area contributed by atoms with Crippen molar-refractivity contribution in [1.82, 2.24) is 9.80 Å². The van der Waals surface area contributed by atoms with Gasteiger partial charge in [0.15, 0.2) is 0 Å². The van der Waals surface area contributed by atoms with Gasteiger partial charge in [-0.2, -0.15) is 0 Å². The fourth-order valence-corrected chi connectivity index (χ4v) is 3.30. The normalized spacial score (nSPS) is 23.9. The third-order valence-corrected chi connectivity index (χ3v) is 4.56. The summed E-state index contributed by atoms with van der Waals surface area (Å²) in [4.78, 5) is 16.2. The lowest BCUT2D eigenvalue weighted by Gasteiger charge is -2.41. The highest BCUT2D eigenvalue weighted by Gasteiger charge is 2.36.